The number of aryl methyl sites for hydroxylation is 1. The van der Waals surface area contributed by atoms with E-state index in [1.165, 1.54) is 24.6 Å². The van der Waals surface area contributed by atoms with Gasteiger partial charge in [0, 0.05) is 13.5 Å². The summed E-state index contributed by atoms with van der Waals surface area (Å²) >= 11 is 0. The number of nitrogens with one attached hydrogen (secondary N) is 1. The summed E-state index contributed by atoms with van der Waals surface area (Å²) < 4.78 is 38.8. The monoisotopic (exact) mass is 369 g/mol. The molecule has 1 N–H and O–H groups in total. The molecule has 0 heterocycles. The molecule has 0 unspecified atom stereocenters. The Morgan fingerprint density at radius 2 is 1.54 bits per heavy atom. The predicted octanol–water partition coefficient (Wildman–Crippen LogP) is 5.29. The number of para-hydroxylation sites is 1. The minimum absolute atomic E-state index is 0.0333. The topological polar surface area (TPSA) is 38.3 Å². The molecule has 2 aromatic carbocycles. The summed E-state index contributed by atoms with van der Waals surface area (Å²) in [5, 5.41) is 2.76. The van der Waals surface area contributed by atoms with Crippen molar-refractivity contribution in [3.63, 3.8) is 0 Å². The van der Waals surface area contributed by atoms with E-state index in [0.717, 1.165) is 13.0 Å². The van der Waals surface area contributed by atoms with Crippen LogP contribution in [0.2, 0.25) is 0 Å². The van der Waals surface area contributed by atoms with Crippen molar-refractivity contribution in [2.24, 2.45) is 0 Å². The highest BCUT2D eigenvalue weighted by Gasteiger charge is 2.31. The van der Waals surface area contributed by atoms with Crippen LogP contribution in [0.3, 0.4) is 0 Å². The first-order valence-electron chi connectivity index (χ1n) is 8.37. The van der Waals surface area contributed by atoms with E-state index in [0.29, 0.717) is 5.56 Å². The van der Waals surface area contributed by atoms with Crippen LogP contribution in [0.15, 0.2) is 54.6 Å². The van der Waals surface area contributed by atoms with Crippen molar-refractivity contribution >= 4 is 5.91 Å². The highest BCUT2D eigenvalue weighted by Crippen LogP contribution is 2.25. The molecular weight excluding hydrogens is 343 g/mol. The summed E-state index contributed by atoms with van der Waals surface area (Å²) in [7, 11) is 0. The SMILES string of the molecule is CC.CC(=O)NCCc1ccccc1.Cc1ccccc1OC(F)(F)F. The minimum atomic E-state index is -4.61. The molecule has 6 heteroatoms. The summed E-state index contributed by atoms with van der Waals surface area (Å²) in [6.45, 7) is 7.81. The molecular formula is C20H26F3NO2. The zero-order chi connectivity index (χ0) is 20.0. The van der Waals surface area contributed by atoms with Crippen LogP contribution in [0.25, 0.3) is 0 Å². The fraction of sp³-hybridized carbons (Fsp3) is 0.350. The van der Waals surface area contributed by atoms with Crippen LogP contribution in [0, 0.1) is 6.92 Å². The quantitative estimate of drug-likeness (QED) is 0.796. The van der Waals surface area contributed by atoms with Gasteiger partial charge in [0.05, 0.1) is 0 Å². The first-order chi connectivity index (χ1) is 12.3. The molecule has 0 aliphatic carbocycles. The summed E-state index contributed by atoms with van der Waals surface area (Å²) in [6, 6.07) is 16.1. The fourth-order valence-corrected chi connectivity index (χ4v) is 1.82. The number of carbonyl (C=O) groups is 1. The Morgan fingerprint density at radius 1 is 1.00 bits per heavy atom. The molecule has 0 spiro atoms. The lowest BCUT2D eigenvalue weighted by Gasteiger charge is -2.10. The number of hydrogen-bond acceptors (Lipinski definition) is 2. The van der Waals surface area contributed by atoms with Crippen LogP contribution in [-0.4, -0.2) is 18.8 Å². The van der Waals surface area contributed by atoms with Crippen LogP contribution in [0.5, 0.6) is 5.75 Å². The van der Waals surface area contributed by atoms with Gasteiger partial charge in [-0.1, -0.05) is 62.4 Å². The van der Waals surface area contributed by atoms with Gasteiger partial charge in [-0.2, -0.15) is 0 Å². The smallest absolute Gasteiger partial charge is 0.406 e. The van der Waals surface area contributed by atoms with Crippen LogP contribution in [0.4, 0.5) is 13.2 Å². The van der Waals surface area contributed by atoms with Gasteiger partial charge in [0.25, 0.3) is 0 Å². The van der Waals surface area contributed by atoms with Crippen molar-refractivity contribution in [3.8, 4) is 5.75 Å². The zero-order valence-corrected chi connectivity index (χ0v) is 15.6. The number of halogens is 3. The molecule has 1 amide bonds. The summed E-state index contributed by atoms with van der Waals surface area (Å²) in [4.78, 5) is 10.5. The van der Waals surface area contributed by atoms with Crippen molar-refractivity contribution in [1.29, 1.82) is 0 Å². The molecule has 0 saturated heterocycles. The standard InChI is InChI=1S/C10H13NO.C8H7F3O.C2H6/c1-9(12)11-8-7-10-5-3-2-4-6-10;1-6-4-2-3-5-7(6)12-8(9,10)11;1-2/h2-6H,7-8H2,1H3,(H,11,12);2-5H,1H3;1-2H3. The van der Waals surface area contributed by atoms with Gasteiger partial charge in [-0.25, -0.2) is 0 Å². The molecule has 0 fully saturated rings. The second kappa shape index (κ2) is 12.8. The molecule has 144 valence electrons. The Kier molecular flexibility index (Phi) is 11.6. The normalized spacial score (nSPS) is 9.81. The molecule has 2 aromatic rings. The first-order valence-corrected chi connectivity index (χ1v) is 8.37. The number of hydrogen-bond donors (Lipinski definition) is 1. The van der Waals surface area contributed by atoms with E-state index in [1.54, 1.807) is 19.1 Å². The molecule has 0 radical (unpaired) electrons. The molecule has 2 rings (SSSR count). The van der Waals surface area contributed by atoms with Gasteiger partial charge in [-0.05, 0) is 30.5 Å². The molecule has 0 aliphatic rings. The highest BCUT2D eigenvalue weighted by molar-refractivity contribution is 5.72. The van der Waals surface area contributed by atoms with E-state index >= 15 is 0 Å². The highest BCUT2D eigenvalue weighted by atomic mass is 19.4. The van der Waals surface area contributed by atoms with E-state index in [9.17, 15) is 18.0 Å². The zero-order valence-electron chi connectivity index (χ0n) is 15.6. The molecule has 0 aliphatic heterocycles. The third-order valence-electron chi connectivity index (χ3n) is 2.95. The third kappa shape index (κ3) is 11.9. The Balaban J connectivity index is 0.000000439. The molecule has 0 atom stereocenters. The average molecular weight is 369 g/mol. The number of benzene rings is 2. The van der Waals surface area contributed by atoms with Crippen molar-refractivity contribution in [2.75, 3.05) is 6.54 Å². The largest absolute Gasteiger partial charge is 0.573 e. The van der Waals surface area contributed by atoms with Gasteiger partial charge in [0.2, 0.25) is 5.91 Å². The summed E-state index contributed by atoms with van der Waals surface area (Å²) in [5.41, 5.74) is 1.72. The second-order valence-electron chi connectivity index (χ2n) is 5.03. The van der Waals surface area contributed by atoms with Gasteiger partial charge < -0.3 is 10.1 Å². The first kappa shape index (κ1) is 23.5. The van der Waals surface area contributed by atoms with Crippen molar-refractivity contribution in [2.45, 2.75) is 40.5 Å². The van der Waals surface area contributed by atoms with Crippen LogP contribution in [-0.2, 0) is 11.2 Å². The van der Waals surface area contributed by atoms with Crippen LogP contribution in [0.1, 0.15) is 31.9 Å². The summed E-state index contributed by atoms with van der Waals surface area (Å²) in [6.07, 6.45) is -3.70. The molecule has 0 aromatic heterocycles. The Hall–Kier alpha value is -2.50. The number of ether oxygens (including phenoxy) is 1. The van der Waals surface area contributed by atoms with Gasteiger partial charge >= 0.3 is 6.36 Å². The minimum Gasteiger partial charge on any atom is -0.406 e. The fourth-order valence-electron chi connectivity index (χ4n) is 1.82. The van der Waals surface area contributed by atoms with Gasteiger partial charge in [0.1, 0.15) is 5.75 Å². The van der Waals surface area contributed by atoms with E-state index < -0.39 is 6.36 Å². The van der Waals surface area contributed by atoms with Crippen molar-refractivity contribution < 1.29 is 22.7 Å². The molecule has 26 heavy (non-hydrogen) atoms. The van der Waals surface area contributed by atoms with Gasteiger partial charge in [-0.15, -0.1) is 13.2 Å². The summed E-state index contributed by atoms with van der Waals surface area (Å²) in [5.74, 6) is -0.115. The van der Waals surface area contributed by atoms with E-state index in [4.69, 9.17) is 0 Å². The number of rotatable bonds is 4. The maximum atomic E-state index is 11.7. The van der Waals surface area contributed by atoms with E-state index in [1.807, 2.05) is 32.0 Å². The Bertz CT molecular complexity index is 628. The van der Waals surface area contributed by atoms with Crippen molar-refractivity contribution in [1.82, 2.24) is 5.32 Å². The molecule has 0 bridgehead atoms. The van der Waals surface area contributed by atoms with Crippen molar-refractivity contribution in [3.05, 3.63) is 65.7 Å². The maximum Gasteiger partial charge on any atom is 0.573 e. The Labute approximate surface area is 153 Å². The number of carbonyl (C=O) groups excluding carboxylic acids is 1. The van der Waals surface area contributed by atoms with Crippen LogP contribution < -0.4 is 10.1 Å². The Morgan fingerprint density at radius 3 is 2.04 bits per heavy atom. The maximum absolute atomic E-state index is 11.7. The van der Waals surface area contributed by atoms with E-state index in [2.05, 4.69) is 22.2 Å². The molecule has 3 nitrogen and oxygen atoms in total. The average Bonchev–Trinajstić information content (AvgIpc) is 2.59. The number of amides is 1. The lowest BCUT2D eigenvalue weighted by Crippen LogP contribution is -2.22. The van der Waals surface area contributed by atoms with Gasteiger partial charge in [-0.3, -0.25) is 4.79 Å². The lowest BCUT2D eigenvalue weighted by molar-refractivity contribution is -0.274. The van der Waals surface area contributed by atoms with E-state index in [-0.39, 0.29) is 11.7 Å². The third-order valence-corrected chi connectivity index (χ3v) is 2.95. The predicted molar refractivity (Wildman–Crippen MR) is 98.0 cm³/mol. The van der Waals surface area contributed by atoms with Gasteiger partial charge in [0.15, 0.2) is 0 Å². The number of alkyl halides is 3. The second-order valence-corrected chi connectivity index (χ2v) is 5.03. The van der Waals surface area contributed by atoms with Crippen LogP contribution >= 0.6 is 0 Å². The lowest BCUT2D eigenvalue weighted by atomic mass is 10.1. The molecule has 0 saturated carbocycles.